The molecule has 0 aromatic heterocycles. The van der Waals surface area contributed by atoms with Crippen molar-refractivity contribution >= 4 is 23.5 Å². The Bertz CT molecular complexity index is 822. The fraction of sp³-hybridized carbons (Fsp3) is 0.176. The monoisotopic (exact) mass is 347 g/mol. The molecule has 0 saturated carbocycles. The highest BCUT2D eigenvalue weighted by atomic mass is 19.1. The van der Waals surface area contributed by atoms with Gasteiger partial charge in [0.1, 0.15) is 17.3 Å². The van der Waals surface area contributed by atoms with Crippen LogP contribution in [0.2, 0.25) is 0 Å². The maximum absolute atomic E-state index is 13.5. The molecule has 2 aromatic carbocycles. The Hall–Kier alpha value is -3.16. The maximum atomic E-state index is 13.5. The van der Waals surface area contributed by atoms with Crippen LogP contribution in [0, 0.1) is 11.6 Å². The largest absolute Gasteiger partial charge is 0.465 e. The van der Waals surface area contributed by atoms with Gasteiger partial charge in [-0.05, 0) is 41.8 Å². The molecule has 0 unspecified atom stereocenters. The molecule has 3 rings (SSSR count). The highest BCUT2D eigenvalue weighted by Crippen LogP contribution is 2.23. The number of amides is 3. The number of carbonyl (C=O) groups is 2. The standard InChI is InChI=1S/C17H15F2N3O3/c18-13-2-1-3-14(19)15(13)21-16(23)20-12-5-4-11-9-22(17(24)25)7-6-10(11)8-12/h1-5,8H,6-7,9H2,(H,24,25)(H2,20,21,23). The van der Waals surface area contributed by atoms with Crippen molar-refractivity contribution in [1.82, 2.24) is 4.90 Å². The average molecular weight is 347 g/mol. The number of nitrogens with one attached hydrogen (secondary N) is 2. The van der Waals surface area contributed by atoms with Crippen LogP contribution in [0.1, 0.15) is 11.1 Å². The number of carboxylic acid groups (broad SMARTS) is 1. The zero-order valence-electron chi connectivity index (χ0n) is 13.1. The smallest absolute Gasteiger partial charge is 0.407 e. The van der Waals surface area contributed by atoms with Gasteiger partial charge in [-0.2, -0.15) is 0 Å². The number of nitrogens with zero attached hydrogens (tertiary/aromatic N) is 1. The van der Waals surface area contributed by atoms with Crippen molar-refractivity contribution in [1.29, 1.82) is 0 Å². The van der Waals surface area contributed by atoms with Crippen LogP contribution >= 0.6 is 0 Å². The van der Waals surface area contributed by atoms with Gasteiger partial charge in [0.05, 0.1) is 0 Å². The molecule has 1 aliphatic heterocycles. The summed E-state index contributed by atoms with van der Waals surface area (Å²) >= 11 is 0. The van der Waals surface area contributed by atoms with Gasteiger partial charge >= 0.3 is 12.1 Å². The number of carbonyl (C=O) groups excluding carboxylic acids is 1. The Morgan fingerprint density at radius 1 is 1.04 bits per heavy atom. The van der Waals surface area contributed by atoms with E-state index in [1.807, 2.05) is 0 Å². The lowest BCUT2D eigenvalue weighted by Crippen LogP contribution is -2.34. The third-order valence-corrected chi connectivity index (χ3v) is 3.95. The number of anilines is 2. The molecule has 3 N–H and O–H groups in total. The second-order valence-electron chi connectivity index (χ2n) is 5.61. The van der Waals surface area contributed by atoms with E-state index in [0.29, 0.717) is 18.7 Å². The highest BCUT2D eigenvalue weighted by Gasteiger charge is 2.20. The first kappa shape index (κ1) is 16.7. The van der Waals surface area contributed by atoms with Crippen molar-refractivity contribution in [3.63, 3.8) is 0 Å². The molecule has 1 aliphatic rings. The van der Waals surface area contributed by atoms with E-state index in [2.05, 4.69) is 10.6 Å². The number of halogens is 2. The summed E-state index contributed by atoms with van der Waals surface area (Å²) in [6, 6.07) is 7.60. The summed E-state index contributed by atoms with van der Waals surface area (Å²) in [6.07, 6.45) is -0.445. The summed E-state index contributed by atoms with van der Waals surface area (Å²) in [6.45, 7) is 0.663. The molecule has 0 aliphatic carbocycles. The summed E-state index contributed by atoms with van der Waals surface area (Å²) in [7, 11) is 0. The van der Waals surface area contributed by atoms with E-state index in [0.717, 1.165) is 23.3 Å². The quantitative estimate of drug-likeness (QED) is 0.776. The molecule has 0 fully saturated rings. The molecule has 0 spiro atoms. The van der Waals surface area contributed by atoms with Crippen LogP contribution in [0.25, 0.3) is 0 Å². The van der Waals surface area contributed by atoms with E-state index in [9.17, 15) is 18.4 Å². The second-order valence-corrected chi connectivity index (χ2v) is 5.61. The molecule has 130 valence electrons. The van der Waals surface area contributed by atoms with Crippen molar-refractivity contribution in [2.24, 2.45) is 0 Å². The summed E-state index contributed by atoms with van der Waals surface area (Å²) in [4.78, 5) is 24.3. The summed E-state index contributed by atoms with van der Waals surface area (Å²) in [5.74, 6) is -1.73. The van der Waals surface area contributed by atoms with E-state index in [1.54, 1.807) is 18.2 Å². The Balaban J connectivity index is 1.70. The SMILES string of the molecule is O=C(Nc1ccc2c(c1)CCN(C(=O)O)C2)Nc1c(F)cccc1F. The molecule has 8 heteroatoms. The van der Waals surface area contributed by atoms with Gasteiger partial charge in [0.2, 0.25) is 0 Å². The number of fused-ring (bicyclic) bond motifs is 1. The number of rotatable bonds is 2. The predicted molar refractivity (Wildman–Crippen MR) is 87.6 cm³/mol. The van der Waals surface area contributed by atoms with Gasteiger partial charge in [-0.1, -0.05) is 12.1 Å². The Morgan fingerprint density at radius 2 is 1.76 bits per heavy atom. The first-order chi connectivity index (χ1) is 11.9. The van der Waals surface area contributed by atoms with Crippen molar-refractivity contribution in [3.8, 4) is 0 Å². The van der Waals surface area contributed by atoms with Gasteiger partial charge in [0.15, 0.2) is 0 Å². The first-order valence-corrected chi connectivity index (χ1v) is 7.56. The topological polar surface area (TPSA) is 81.7 Å². The normalized spacial score (nSPS) is 13.1. The zero-order valence-corrected chi connectivity index (χ0v) is 13.1. The Kier molecular flexibility index (Phi) is 4.51. The summed E-state index contributed by atoms with van der Waals surface area (Å²) in [5.41, 5.74) is 1.72. The summed E-state index contributed by atoms with van der Waals surface area (Å²) < 4.78 is 27.1. The summed E-state index contributed by atoms with van der Waals surface area (Å²) in [5, 5.41) is 13.7. The van der Waals surface area contributed by atoms with E-state index in [-0.39, 0.29) is 6.54 Å². The Morgan fingerprint density at radius 3 is 2.44 bits per heavy atom. The second kappa shape index (κ2) is 6.76. The van der Waals surface area contributed by atoms with E-state index in [4.69, 9.17) is 5.11 Å². The number of hydrogen-bond acceptors (Lipinski definition) is 2. The minimum absolute atomic E-state index is 0.289. The predicted octanol–water partition coefficient (Wildman–Crippen LogP) is 3.64. The fourth-order valence-corrected chi connectivity index (χ4v) is 2.69. The molecule has 6 nitrogen and oxygen atoms in total. The molecule has 1 heterocycles. The number of hydrogen-bond donors (Lipinski definition) is 3. The van der Waals surface area contributed by atoms with Crippen LogP contribution < -0.4 is 10.6 Å². The van der Waals surface area contributed by atoms with E-state index in [1.165, 1.54) is 11.0 Å². The molecular weight excluding hydrogens is 332 g/mol. The van der Waals surface area contributed by atoms with Crippen molar-refractivity contribution < 1.29 is 23.5 Å². The van der Waals surface area contributed by atoms with Gasteiger partial charge < -0.3 is 20.6 Å². The van der Waals surface area contributed by atoms with Crippen molar-refractivity contribution in [2.45, 2.75) is 13.0 Å². The van der Waals surface area contributed by atoms with Gasteiger partial charge in [0, 0.05) is 18.8 Å². The average Bonchev–Trinajstić information content (AvgIpc) is 2.57. The lowest BCUT2D eigenvalue weighted by molar-refractivity contribution is 0.140. The molecule has 0 saturated heterocycles. The van der Waals surface area contributed by atoms with Gasteiger partial charge in [-0.25, -0.2) is 18.4 Å². The zero-order chi connectivity index (χ0) is 18.0. The molecule has 3 amide bonds. The molecule has 2 aromatic rings. The van der Waals surface area contributed by atoms with Crippen LogP contribution in [-0.2, 0) is 13.0 Å². The maximum Gasteiger partial charge on any atom is 0.407 e. The number of para-hydroxylation sites is 1. The lowest BCUT2D eigenvalue weighted by atomic mass is 9.99. The molecule has 0 bridgehead atoms. The minimum atomic E-state index is -0.973. The third kappa shape index (κ3) is 3.68. The van der Waals surface area contributed by atoms with Crippen LogP contribution in [0.4, 0.5) is 29.7 Å². The van der Waals surface area contributed by atoms with Crippen LogP contribution in [0.5, 0.6) is 0 Å². The first-order valence-electron chi connectivity index (χ1n) is 7.56. The van der Waals surface area contributed by atoms with E-state index >= 15 is 0 Å². The van der Waals surface area contributed by atoms with Crippen LogP contribution in [0.15, 0.2) is 36.4 Å². The van der Waals surface area contributed by atoms with Gasteiger partial charge in [0.25, 0.3) is 0 Å². The number of benzene rings is 2. The van der Waals surface area contributed by atoms with E-state index < -0.39 is 29.4 Å². The molecule has 0 radical (unpaired) electrons. The minimum Gasteiger partial charge on any atom is -0.465 e. The lowest BCUT2D eigenvalue weighted by Gasteiger charge is -2.26. The van der Waals surface area contributed by atoms with Crippen LogP contribution in [-0.4, -0.2) is 28.7 Å². The van der Waals surface area contributed by atoms with Crippen molar-refractivity contribution in [3.05, 3.63) is 59.2 Å². The van der Waals surface area contributed by atoms with Crippen LogP contribution in [0.3, 0.4) is 0 Å². The molecule has 0 atom stereocenters. The number of urea groups is 1. The van der Waals surface area contributed by atoms with Gasteiger partial charge in [-0.3, -0.25) is 0 Å². The third-order valence-electron chi connectivity index (χ3n) is 3.95. The van der Waals surface area contributed by atoms with Crippen molar-refractivity contribution in [2.75, 3.05) is 17.2 Å². The van der Waals surface area contributed by atoms with Gasteiger partial charge in [-0.15, -0.1) is 0 Å². The highest BCUT2D eigenvalue weighted by molar-refractivity contribution is 6.00. The molecular formula is C17H15F2N3O3. The fourth-order valence-electron chi connectivity index (χ4n) is 2.69. The Labute approximate surface area is 142 Å². The molecule has 25 heavy (non-hydrogen) atoms.